The average Bonchev–Trinajstić information content (AvgIpc) is 3.32. The van der Waals surface area contributed by atoms with Gasteiger partial charge in [-0.2, -0.15) is 0 Å². The van der Waals surface area contributed by atoms with E-state index in [4.69, 9.17) is 11.6 Å². The molecule has 1 aliphatic carbocycles. The molecule has 1 aromatic carbocycles. The Morgan fingerprint density at radius 3 is 2.45 bits per heavy atom. The molecule has 0 unspecified atom stereocenters. The summed E-state index contributed by atoms with van der Waals surface area (Å²) in [6.45, 7) is 3.11. The molecule has 0 spiro atoms. The van der Waals surface area contributed by atoms with Gasteiger partial charge in [0.25, 0.3) is 0 Å². The van der Waals surface area contributed by atoms with Crippen molar-refractivity contribution >= 4 is 23.4 Å². The quantitative estimate of drug-likeness (QED) is 0.571. The predicted molar refractivity (Wildman–Crippen MR) is 87.5 cm³/mol. The van der Waals surface area contributed by atoms with E-state index in [1.807, 2.05) is 18.2 Å². The molecule has 4 nitrogen and oxygen atoms in total. The summed E-state index contributed by atoms with van der Waals surface area (Å²) in [4.78, 5) is 24.5. The van der Waals surface area contributed by atoms with Crippen LogP contribution in [0.5, 0.6) is 0 Å². The normalized spacial score (nSPS) is 15.2. The van der Waals surface area contributed by atoms with Gasteiger partial charge in [0.1, 0.15) is 5.41 Å². The Labute approximate surface area is 136 Å². The van der Waals surface area contributed by atoms with Gasteiger partial charge in [0.05, 0.1) is 0 Å². The molecule has 5 heteroatoms. The smallest absolute Gasteiger partial charge is 0.235 e. The van der Waals surface area contributed by atoms with E-state index >= 15 is 0 Å². The fourth-order valence-electron chi connectivity index (χ4n) is 2.41. The number of nitrogens with one attached hydrogen (secondary N) is 2. The van der Waals surface area contributed by atoms with Gasteiger partial charge in [-0.25, -0.2) is 0 Å². The molecule has 1 aliphatic rings. The molecular formula is C17H23ClN2O2. The minimum atomic E-state index is -0.854. The Morgan fingerprint density at radius 2 is 1.82 bits per heavy atom. The van der Waals surface area contributed by atoms with Crippen molar-refractivity contribution in [1.82, 2.24) is 10.6 Å². The number of benzene rings is 1. The molecule has 1 fully saturated rings. The van der Waals surface area contributed by atoms with Crippen molar-refractivity contribution in [2.75, 3.05) is 6.54 Å². The van der Waals surface area contributed by atoms with Gasteiger partial charge in [0.2, 0.25) is 11.8 Å². The van der Waals surface area contributed by atoms with Crippen LogP contribution >= 0.6 is 11.6 Å². The van der Waals surface area contributed by atoms with E-state index in [1.54, 1.807) is 6.07 Å². The molecule has 22 heavy (non-hydrogen) atoms. The van der Waals surface area contributed by atoms with Crippen LogP contribution in [0.4, 0.5) is 0 Å². The molecule has 0 aromatic heterocycles. The van der Waals surface area contributed by atoms with Crippen LogP contribution < -0.4 is 10.6 Å². The van der Waals surface area contributed by atoms with Crippen molar-refractivity contribution in [2.45, 2.75) is 45.6 Å². The topological polar surface area (TPSA) is 58.2 Å². The zero-order valence-corrected chi connectivity index (χ0v) is 13.7. The van der Waals surface area contributed by atoms with Gasteiger partial charge in [-0.1, -0.05) is 49.6 Å². The molecule has 0 saturated heterocycles. The first kappa shape index (κ1) is 16.8. The first-order valence-corrected chi connectivity index (χ1v) is 8.28. The molecule has 0 aliphatic heterocycles. The lowest BCUT2D eigenvalue weighted by atomic mass is 10.0. The maximum absolute atomic E-state index is 12.3. The molecule has 0 bridgehead atoms. The minimum Gasteiger partial charge on any atom is -0.355 e. The van der Waals surface area contributed by atoms with Crippen LogP contribution in [0.1, 0.15) is 44.6 Å². The van der Waals surface area contributed by atoms with Gasteiger partial charge in [-0.3, -0.25) is 9.59 Å². The van der Waals surface area contributed by atoms with Crippen LogP contribution in [-0.4, -0.2) is 18.4 Å². The van der Waals surface area contributed by atoms with E-state index in [0.717, 1.165) is 24.8 Å². The van der Waals surface area contributed by atoms with Gasteiger partial charge in [-0.05, 0) is 30.9 Å². The molecule has 2 N–H and O–H groups in total. The second-order valence-electron chi connectivity index (χ2n) is 5.82. The van der Waals surface area contributed by atoms with Gasteiger partial charge in [-0.15, -0.1) is 0 Å². The molecule has 2 rings (SSSR count). The van der Waals surface area contributed by atoms with Crippen molar-refractivity contribution in [3.05, 3.63) is 34.9 Å². The van der Waals surface area contributed by atoms with E-state index in [-0.39, 0.29) is 11.8 Å². The first-order valence-electron chi connectivity index (χ1n) is 7.90. The molecule has 120 valence electrons. The summed E-state index contributed by atoms with van der Waals surface area (Å²) >= 11 is 6.07. The summed E-state index contributed by atoms with van der Waals surface area (Å²) < 4.78 is 0. The number of hydrogen-bond acceptors (Lipinski definition) is 2. The fraction of sp³-hybridized carbons (Fsp3) is 0.529. The summed E-state index contributed by atoms with van der Waals surface area (Å²) in [6.07, 6.45) is 4.41. The van der Waals surface area contributed by atoms with E-state index < -0.39 is 5.41 Å². The van der Waals surface area contributed by atoms with E-state index in [9.17, 15) is 9.59 Å². The van der Waals surface area contributed by atoms with Crippen molar-refractivity contribution in [3.63, 3.8) is 0 Å². The van der Waals surface area contributed by atoms with Gasteiger partial charge < -0.3 is 10.6 Å². The third-order valence-corrected chi connectivity index (χ3v) is 4.45. The van der Waals surface area contributed by atoms with Gasteiger partial charge >= 0.3 is 0 Å². The van der Waals surface area contributed by atoms with Crippen LogP contribution in [0, 0.1) is 5.41 Å². The maximum Gasteiger partial charge on any atom is 0.235 e. The summed E-state index contributed by atoms with van der Waals surface area (Å²) in [7, 11) is 0. The number of carbonyl (C=O) groups is 2. The summed E-state index contributed by atoms with van der Waals surface area (Å²) in [5.41, 5.74) is 0.00433. The Hall–Kier alpha value is -1.55. The van der Waals surface area contributed by atoms with Crippen LogP contribution in [-0.2, 0) is 16.1 Å². The number of carbonyl (C=O) groups excluding carboxylic acids is 2. The number of halogens is 1. The lowest BCUT2D eigenvalue weighted by molar-refractivity contribution is -0.137. The van der Waals surface area contributed by atoms with Crippen molar-refractivity contribution in [2.24, 2.45) is 5.41 Å². The minimum absolute atomic E-state index is 0.139. The van der Waals surface area contributed by atoms with Crippen LogP contribution in [0.15, 0.2) is 24.3 Å². The Balaban J connectivity index is 1.83. The zero-order chi connectivity index (χ0) is 16.0. The Bertz CT molecular complexity index is 541. The summed E-state index contributed by atoms with van der Waals surface area (Å²) in [5, 5.41) is 6.35. The number of unbranched alkanes of at least 4 members (excludes halogenated alkanes) is 2. The lowest BCUT2D eigenvalue weighted by Gasteiger charge is -2.15. The molecule has 0 atom stereocenters. The van der Waals surface area contributed by atoms with E-state index in [2.05, 4.69) is 17.6 Å². The SMILES string of the molecule is CCCCCNC(=O)C1(C(=O)NCc2ccccc2Cl)CC1. The highest BCUT2D eigenvalue weighted by Gasteiger charge is 2.56. The summed E-state index contributed by atoms with van der Waals surface area (Å²) in [6, 6.07) is 7.38. The van der Waals surface area contributed by atoms with Gasteiger partial charge in [0.15, 0.2) is 0 Å². The largest absolute Gasteiger partial charge is 0.355 e. The summed E-state index contributed by atoms with van der Waals surface area (Å²) in [5.74, 6) is -0.333. The second kappa shape index (κ2) is 7.63. The third-order valence-electron chi connectivity index (χ3n) is 4.08. The van der Waals surface area contributed by atoms with Crippen LogP contribution in [0.3, 0.4) is 0 Å². The molecule has 0 heterocycles. The van der Waals surface area contributed by atoms with E-state index in [0.29, 0.717) is 31.0 Å². The molecule has 1 aromatic rings. The van der Waals surface area contributed by atoms with E-state index in [1.165, 1.54) is 0 Å². The number of hydrogen-bond donors (Lipinski definition) is 2. The average molecular weight is 323 g/mol. The molecular weight excluding hydrogens is 300 g/mol. The molecule has 1 saturated carbocycles. The predicted octanol–water partition coefficient (Wildman–Crippen LogP) is 3.04. The van der Waals surface area contributed by atoms with Crippen molar-refractivity contribution in [3.8, 4) is 0 Å². The standard InChI is InChI=1S/C17H23ClN2O2/c1-2-3-6-11-19-15(21)17(9-10-17)16(22)20-12-13-7-4-5-8-14(13)18/h4-5,7-8H,2-3,6,9-12H2,1H3,(H,19,21)(H,20,22). The molecule has 0 radical (unpaired) electrons. The Kier molecular flexibility index (Phi) is 5.83. The fourth-order valence-corrected chi connectivity index (χ4v) is 2.62. The lowest BCUT2D eigenvalue weighted by Crippen LogP contribution is -2.43. The molecule has 2 amide bonds. The highest BCUT2D eigenvalue weighted by molar-refractivity contribution is 6.31. The van der Waals surface area contributed by atoms with Crippen molar-refractivity contribution in [1.29, 1.82) is 0 Å². The highest BCUT2D eigenvalue weighted by atomic mass is 35.5. The number of amides is 2. The third kappa shape index (κ3) is 4.01. The first-order chi connectivity index (χ1) is 10.6. The maximum atomic E-state index is 12.3. The highest BCUT2D eigenvalue weighted by Crippen LogP contribution is 2.46. The second-order valence-corrected chi connectivity index (χ2v) is 6.23. The Morgan fingerprint density at radius 1 is 1.14 bits per heavy atom. The number of rotatable bonds is 8. The zero-order valence-electron chi connectivity index (χ0n) is 13.0. The van der Waals surface area contributed by atoms with Crippen molar-refractivity contribution < 1.29 is 9.59 Å². The monoisotopic (exact) mass is 322 g/mol. The van der Waals surface area contributed by atoms with Crippen LogP contribution in [0.25, 0.3) is 0 Å². The van der Waals surface area contributed by atoms with Crippen LogP contribution in [0.2, 0.25) is 5.02 Å². The van der Waals surface area contributed by atoms with Gasteiger partial charge in [0, 0.05) is 18.1 Å².